The minimum atomic E-state index is -0.740. The molecular formula is C19H26BN5O6. The molecule has 0 aromatic carbocycles. The number of nitrogens with one attached hydrogen (secondary N) is 1. The third-order valence-electron chi connectivity index (χ3n) is 6.12. The molecule has 2 aliphatic heterocycles. The van der Waals surface area contributed by atoms with Crippen LogP contribution in [0.5, 0.6) is 0 Å². The van der Waals surface area contributed by atoms with Crippen molar-refractivity contribution in [3.8, 4) is 0 Å². The molecule has 0 bridgehead atoms. The normalized spacial score (nSPS) is 24.6. The van der Waals surface area contributed by atoms with Gasteiger partial charge in [-0.2, -0.15) is 0 Å². The van der Waals surface area contributed by atoms with Gasteiger partial charge in [-0.15, -0.1) is 5.10 Å². The molecule has 4 rings (SSSR count). The zero-order valence-electron chi connectivity index (χ0n) is 18.4. The van der Waals surface area contributed by atoms with Crippen molar-refractivity contribution in [1.82, 2.24) is 24.5 Å². The van der Waals surface area contributed by atoms with Gasteiger partial charge in [0.25, 0.3) is 5.56 Å². The molecule has 12 heteroatoms. The van der Waals surface area contributed by atoms with E-state index in [0.29, 0.717) is 11.4 Å². The predicted molar refractivity (Wildman–Crippen MR) is 111 cm³/mol. The fourth-order valence-electron chi connectivity index (χ4n) is 3.57. The van der Waals surface area contributed by atoms with Crippen LogP contribution in [0.25, 0.3) is 0 Å². The van der Waals surface area contributed by atoms with Crippen LogP contribution in [0.1, 0.15) is 40.8 Å². The Morgan fingerprint density at radius 2 is 1.90 bits per heavy atom. The summed E-state index contributed by atoms with van der Waals surface area (Å²) in [5.74, 6) is 0.598. The third-order valence-corrected chi connectivity index (χ3v) is 6.12. The van der Waals surface area contributed by atoms with Gasteiger partial charge in [0.15, 0.2) is 0 Å². The van der Waals surface area contributed by atoms with E-state index < -0.39 is 41.9 Å². The number of hydrogen-bond donors (Lipinski definition) is 1. The number of allylic oxidation sites excluding steroid dienone is 1. The van der Waals surface area contributed by atoms with Gasteiger partial charge < -0.3 is 18.8 Å². The van der Waals surface area contributed by atoms with Gasteiger partial charge in [0, 0.05) is 31.1 Å². The predicted octanol–water partition coefficient (Wildman–Crippen LogP) is -0.0547. The molecule has 2 aromatic heterocycles. The Labute approximate surface area is 179 Å². The Morgan fingerprint density at radius 1 is 1.23 bits per heavy atom. The molecule has 1 saturated heterocycles. The summed E-state index contributed by atoms with van der Waals surface area (Å²) >= 11 is 0. The summed E-state index contributed by atoms with van der Waals surface area (Å²) < 4.78 is 26.5. The lowest BCUT2D eigenvalue weighted by atomic mass is 9.86. The zero-order chi connectivity index (χ0) is 22.6. The quantitative estimate of drug-likeness (QED) is 0.654. The fourth-order valence-corrected chi connectivity index (χ4v) is 3.57. The largest absolute Gasteiger partial charge is 0.518 e. The SMILES string of the molecule is COC1C(C)=C(Cn2cc(B3OC(C)(C)C(C)(C)O3)nn2)O[C@H]1n1ccc(=O)[nH]c1=O. The van der Waals surface area contributed by atoms with E-state index in [1.165, 1.54) is 23.9 Å². The molecule has 4 heterocycles. The highest BCUT2D eigenvalue weighted by molar-refractivity contribution is 6.61. The summed E-state index contributed by atoms with van der Waals surface area (Å²) in [6.07, 6.45) is 1.90. The molecule has 2 aromatic rings. The van der Waals surface area contributed by atoms with E-state index >= 15 is 0 Å². The number of nitrogens with zero attached hydrogens (tertiary/aromatic N) is 4. The Balaban J connectivity index is 1.53. The Hall–Kier alpha value is -2.70. The lowest BCUT2D eigenvalue weighted by molar-refractivity contribution is -0.0282. The number of H-pyrrole nitrogens is 1. The highest BCUT2D eigenvalue weighted by atomic mass is 16.7. The molecule has 2 atom stereocenters. The second kappa shape index (κ2) is 7.47. The number of hydrogen-bond acceptors (Lipinski definition) is 8. The molecule has 0 spiro atoms. The van der Waals surface area contributed by atoms with Crippen molar-refractivity contribution in [2.45, 2.75) is 64.7 Å². The number of aromatic nitrogens is 5. The second-order valence-electron chi connectivity index (χ2n) is 8.72. The molecule has 2 aliphatic rings. The van der Waals surface area contributed by atoms with Gasteiger partial charge >= 0.3 is 12.8 Å². The van der Waals surface area contributed by atoms with E-state index in [4.69, 9.17) is 18.8 Å². The third kappa shape index (κ3) is 3.75. The van der Waals surface area contributed by atoms with Crippen LogP contribution in [0.15, 0.2) is 39.4 Å². The van der Waals surface area contributed by atoms with Crippen LogP contribution < -0.4 is 16.8 Å². The molecule has 31 heavy (non-hydrogen) atoms. The van der Waals surface area contributed by atoms with Crippen LogP contribution in [0.2, 0.25) is 0 Å². The van der Waals surface area contributed by atoms with E-state index in [2.05, 4.69) is 15.3 Å². The van der Waals surface area contributed by atoms with Gasteiger partial charge in [-0.1, -0.05) is 5.21 Å². The minimum absolute atomic E-state index is 0.285. The van der Waals surface area contributed by atoms with Crippen molar-refractivity contribution in [2.75, 3.05) is 7.11 Å². The van der Waals surface area contributed by atoms with Gasteiger partial charge in [-0.05, 0) is 34.6 Å². The van der Waals surface area contributed by atoms with Crippen LogP contribution in [0.3, 0.4) is 0 Å². The van der Waals surface area contributed by atoms with Gasteiger partial charge in [-0.25, -0.2) is 9.48 Å². The van der Waals surface area contributed by atoms with Gasteiger partial charge in [0.2, 0.25) is 6.23 Å². The highest BCUT2D eigenvalue weighted by Crippen LogP contribution is 2.36. The van der Waals surface area contributed by atoms with Crippen LogP contribution in [0.4, 0.5) is 0 Å². The Bertz CT molecular complexity index is 1120. The van der Waals surface area contributed by atoms with Gasteiger partial charge in [-0.3, -0.25) is 14.3 Å². The lowest BCUT2D eigenvalue weighted by Crippen LogP contribution is -2.41. The minimum Gasteiger partial charge on any atom is -0.469 e. The molecule has 0 radical (unpaired) electrons. The van der Waals surface area contributed by atoms with E-state index in [0.717, 1.165) is 5.57 Å². The van der Waals surface area contributed by atoms with E-state index in [1.54, 1.807) is 10.9 Å². The molecule has 1 unspecified atom stereocenters. The summed E-state index contributed by atoms with van der Waals surface area (Å²) in [4.78, 5) is 25.8. The monoisotopic (exact) mass is 431 g/mol. The van der Waals surface area contributed by atoms with Crippen molar-refractivity contribution in [2.24, 2.45) is 0 Å². The van der Waals surface area contributed by atoms with E-state index in [1.807, 2.05) is 34.6 Å². The van der Waals surface area contributed by atoms with Crippen molar-refractivity contribution >= 4 is 12.7 Å². The van der Waals surface area contributed by atoms with Crippen LogP contribution in [-0.4, -0.2) is 56.1 Å². The number of aromatic amines is 1. The lowest BCUT2D eigenvalue weighted by Gasteiger charge is -2.32. The van der Waals surface area contributed by atoms with E-state index in [9.17, 15) is 9.59 Å². The second-order valence-corrected chi connectivity index (χ2v) is 8.72. The first-order valence-electron chi connectivity index (χ1n) is 9.98. The van der Waals surface area contributed by atoms with Crippen molar-refractivity contribution in [3.05, 3.63) is 50.6 Å². The van der Waals surface area contributed by atoms with Crippen molar-refractivity contribution in [3.63, 3.8) is 0 Å². The summed E-state index contributed by atoms with van der Waals surface area (Å²) in [6, 6.07) is 1.26. The average molecular weight is 431 g/mol. The molecule has 1 fully saturated rings. The maximum atomic E-state index is 12.2. The smallest absolute Gasteiger partial charge is 0.469 e. The maximum Gasteiger partial charge on any atom is 0.518 e. The fraction of sp³-hybridized carbons (Fsp3) is 0.579. The molecular weight excluding hydrogens is 405 g/mol. The standard InChI is InChI=1S/C19H26BN5O6/c1-11-12(29-16(15(11)28-6)25-8-7-14(26)21-17(25)27)9-24-10-13(22-23-24)20-30-18(2,3)19(4,5)31-20/h7-8,10,15-16H,9H2,1-6H3,(H,21,26,27)/t15?,16-/m1/s1. The van der Waals surface area contributed by atoms with Crippen LogP contribution in [-0.2, 0) is 25.3 Å². The summed E-state index contributed by atoms with van der Waals surface area (Å²) in [5.41, 5.74) is -0.617. The van der Waals surface area contributed by atoms with Gasteiger partial charge in [0.1, 0.15) is 24.0 Å². The highest BCUT2D eigenvalue weighted by Gasteiger charge is 2.53. The molecule has 0 aliphatic carbocycles. The summed E-state index contributed by atoms with van der Waals surface area (Å²) in [7, 11) is 0.924. The van der Waals surface area contributed by atoms with Crippen LogP contribution >= 0.6 is 0 Å². The molecule has 0 saturated carbocycles. The van der Waals surface area contributed by atoms with Gasteiger partial charge in [0.05, 0.1) is 11.2 Å². The average Bonchev–Trinajstić information content (AvgIpc) is 3.31. The van der Waals surface area contributed by atoms with Crippen molar-refractivity contribution < 1.29 is 18.8 Å². The topological polar surface area (TPSA) is 122 Å². The number of methoxy groups -OCH3 is 1. The summed E-state index contributed by atoms with van der Waals surface area (Å²) in [5, 5.41) is 8.36. The molecule has 166 valence electrons. The maximum absolute atomic E-state index is 12.2. The first-order valence-corrected chi connectivity index (χ1v) is 9.98. The molecule has 11 nitrogen and oxygen atoms in total. The number of ether oxygens (including phenoxy) is 2. The summed E-state index contributed by atoms with van der Waals surface area (Å²) in [6.45, 7) is 10.0. The first-order chi connectivity index (χ1) is 14.5. The Morgan fingerprint density at radius 3 is 2.52 bits per heavy atom. The Kier molecular flexibility index (Phi) is 5.19. The first kappa shape index (κ1) is 21.5. The molecule has 1 N–H and O–H groups in total. The number of rotatable bonds is 5. The van der Waals surface area contributed by atoms with Crippen LogP contribution in [0, 0.1) is 0 Å². The molecule has 0 amide bonds. The van der Waals surface area contributed by atoms with E-state index in [-0.39, 0.29) is 6.54 Å². The van der Waals surface area contributed by atoms with Crippen molar-refractivity contribution in [1.29, 1.82) is 0 Å². The zero-order valence-corrected chi connectivity index (χ0v) is 18.4.